The predicted molar refractivity (Wildman–Crippen MR) is 88.0 cm³/mol. The molecule has 0 amide bonds. The summed E-state index contributed by atoms with van der Waals surface area (Å²) in [5.74, 6) is 2.74. The summed E-state index contributed by atoms with van der Waals surface area (Å²) in [5, 5.41) is 3.64. The molecule has 2 heteroatoms. The van der Waals surface area contributed by atoms with Crippen molar-refractivity contribution in [1.82, 2.24) is 10.2 Å². The van der Waals surface area contributed by atoms with Crippen LogP contribution < -0.4 is 5.32 Å². The van der Waals surface area contributed by atoms with Crippen LogP contribution in [0.5, 0.6) is 0 Å². The second kappa shape index (κ2) is 8.38. The van der Waals surface area contributed by atoms with Crippen molar-refractivity contribution in [1.29, 1.82) is 0 Å². The van der Waals surface area contributed by atoms with Crippen LogP contribution in [0, 0.1) is 17.8 Å². The Bertz CT molecular complexity index is 248. The zero-order valence-electron chi connectivity index (χ0n) is 14.0. The average molecular weight is 281 g/mol. The van der Waals surface area contributed by atoms with Gasteiger partial charge in [0.15, 0.2) is 0 Å². The maximum Gasteiger partial charge on any atom is 0.00954 e. The van der Waals surface area contributed by atoms with E-state index in [0.29, 0.717) is 0 Å². The number of likely N-dealkylation sites (tertiary alicyclic amines) is 1. The Morgan fingerprint density at radius 3 is 2.15 bits per heavy atom. The van der Waals surface area contributed by atoms with Crippen molar-refractivity contribution < 1.29 is 0 Å². The molecule has 0 unspecified atom stereocenters. The van der Waals surface area contributed by atoms with E-state index in [9.17, 15) is 0 Å². The number of hydrogen-bond acceptors (Lipinski definition) is 2. The molecule has 0 bridgehead atoms. The standard InChI is InChI=1S/C18H36N2/c1-4-16-5-7-18(8-6-16)20-11-9-17(10-12-20)14-19-13-15(2)3/h15-19H,4-14H2,1-3H3. The molecule has 1 heterocycles. The van der Waals surface area contributed by atoms with Gasteiger partial charge in [-0.2, -0.15) is 0 Å². The first-order valence-electron chi connectivity index (χ1n) is 9.13. The van der Waals surface area contributed by atoms with Gasteiger partial charge in [0, 0.05) is 6.04 Å². The molecule has 1 N–H and O–H groups in total. The van der Waals surface area contributed by atoms with E-state index in [0.717, 1.165) is 23.8 Å². The first-order chi connectivity index (χ1) is 9.69. The fraction of sp³-hybridized carbons (Fsp3) is 1.00. The van der Waals surface area contributed by atoms with Crippen molar-refractivity contribution in [2.45, 2.75) is 71.8 Å². The maximum atomic E-state index is 3.64. The van der Waals surface area contributed by atoms with E-state index in [1.807, 2.05) is 0 Å². The van der Waals surface area contributed by atoms with Gasteiger partial charge < -0.3 is 10.2 Å². The highest BCUT2D eigenvalue weighted by atomic mass is 15.2. The number of nitrogens with zero attached hydrogens (tertiary/aromatic N) is 1. The maximum absolute atomic E-state index is 3.64. The summed E-state index contributed by atoms with van der Waals surface area (Å²) in [6.45, 7) is 12.1. The molecule has 0 radical (unpaired) electrons. The van der Waals surface area contributed by atoms with Crippen LogP contribution in [0.15, 0.2) is 0 Å². The van der Waals surface area contributed by atoms with Crippen molar-refractivity contribution >= 4 is 0 Å². The molecule has 1 saturated carbocycles. The second-order valence-electron chi connectivity index (χ2n) is 7.61. The monoisotopic (exact) mass is 280 g/mol. The van der Waals surface area contributed by atoms with Crippen LogP contribution in [0.4, 0.5) is 0 Å². The summed E-state index contributed by atoms with van der Waals surface area (Å²) in [6, 6.07) is 0.919. The summed E-state index contributed by atoms with van der Waals surface area (Å²) < 4.78 is 0. The summed E-state index contributed by atoms with van der Waals surface area (Å²) >= 11 is 0. The topological polar surface area (TPSA) is 15.3 Å². The molecule has 1 aliphatic carbocycles. The van der Waals surface area contributed by atoms with Crippen LogP contribution in [0.1, 0.15) is 65.7 Å². The SMILES string of the molecule is CCC1CCC(N2CCC(CNCC(C)C)CC2)CC1. The van der Waals surface area contributed by atoms with E-state index in [1.165, 1.54) is 71.1 Å². The molecule has 0 aromatic rings. The average Bonchev–Trinajstić information content (AvgIpc) is 2.48. The van der Waals surface area contributed by atoms with E-state index in [2.05, 4.69) is 31.0 Å². The van der Waals surface area contributed by atoms with Gasteiger partial charge in [0.1, 0.15) is 0 Å². The van der Waals surface area contributed by atoms with Crippen molar-refractivity contribution in [3.05, 3.63) is 0 Å². The fourth-order valence-electron chi connectivity index (χ4n) is 4.02. The summed E-state index contributed by atoms with van der Waals surface area (Å²) in [4.78, 5) is 2.81. The number of hydrogen-bond donors (Lipinski definition) is 1. The second-order valence-corrected chi connectivity index (χ2v) is 7.61. The van der Waals surface area contributed by atoms with Crippen LogP contribution in [-0.4, -0.2) is 37.1 Å². The molecule has 0 spiro atoms. The lowest BCUT2D eigenvalue weighted by Crippen LogP contribution is -2.44. The van der Waals surface area contributed by atoms with Gasteiger partial charge in [0.25, 0.3) is 0 Å². The molecular weight excluding hydrogens is 244 g/mol. The Kier molecular flexibility index (Phi) is 6.83. The number of rotatable bonds is 6. The van der Waals surface area contributed by atoms with E-state index in [4.69, 9.17) is 0 Å². The molecule has 2 aliphatic rings. The van der Waals surface area contributed by atoms with E-state index >= 15 is 0 Å². The van der Waals surface area contributed by atoms with Crippen LogP contribution in [0.3, 0.4) is 0 Å². The van der Waals surface area contributed by atoms with Gasteiger partial charge in [-0.15, -0.1) is 0 Å². The molecule has 1 saturated heterocycles. The minimum Gasteiger partial charge on any atom is -0.316 e. The molecule has 2 nitrogen and oxygen atoms in total. The lowest BCUT2D eigenvalue weighted by atomic mass is 9.83. The quantitative estimate of drug-likeness (QED) is 0.793. The highest BCUT2D eigenvalue weighted by molar-refractivity contribution is 4.83. The van der Waals surface area contributed by atoms with Gasteiger partial charge in [-0.3, -0.25) is 0 Å². The van der Waals surface area contributed by atoms with E-state index < -0.39 is 0 Å². The Balaban J connectivity index is 1.62. The molecule has 1 aliphatic heterocycles. The molecule has 0 aromatic carbocycles. The first kappa shape index (κ1) is 16.3. The van der Waals surface area contributed by atoms with Crippen molar-refractivity contribution in [3.8, 4) is 0 Å². The lowest BCUT2D eigenvalue weighted by molar-refractivity contribution is 0.0934. The highest BCUT2D eigenvalue weighted by Crippen LogP contribution is 2.31. The summed E-state index contributed by atoms with van der Waals surface area (Å²) in [6.07, 6.45) is 10.1. The normalized spacial score (nSPS) is 30.0. The fourth-order valence-corrected chi connectivity index (χ4v) is 4.02. The molecule has 0 atom stereocenters. The van der Waals surface area contributed by atoms with E-state index in [-0.39, 0.29) is 0 Å². The third-order valence-corrected chi connectivity index (χ3v) is 5.54. The van der Waals surface area contributed by atoms with Crippen molar-refractivity contribution in [2.75, 3.05) is 26.2 Å². The van der Waals surface area contributed by atoms with Crippen LogP contribution in [0.25, 0.3) is 0 Å². The van der Waals surface area contributed by atoms with Gasteiger partial charge in [-0.05, 0) is 82.5 Å². The molecule has 0 aromatic heterocycles. The van der Waals surface area contributed by atoms with Crippen molar-refractivity contribution in [3.63, 3.8) is 0 Å². The van der Waals surface area contributed by atoms with Gasteiger partial charge >= 0.3 is 0 Å². The third-order valence-electron chi connectivity index (χ3n) is 5.54. The Labute approximate surface area is 126 Å². The minimum absolute atomic E-state index is 0.781. The van der Waals surface area contributed by atoms with Crippen LogP contribution in [-0.2, 0) is 0 Å². The smallest absolute Gasteiger partial charge is 0.00954 e. The summed E-state index contributed by atoms with van der Waals surface area (Å²) in [7, 11) is 0. The number of nitrogens with one attached hydrogen (secondary N) is 1. The van der Waals surface area contributed by atoms with Gasteiger partial charge in [-0.25, -0.2) is 0 Å². The van der Waals surface area contributed by atoms with Crippen LogP contribution in [0.2, 0.25) is 0 Å². The zero-order chi connectivity index (χ0) is 14.4. The molecule has 2 fully saturated rings. The minimum atomic E-state index is 0.781. The largest absolute Gasteiger partial charge is 0.316 e. The zero-order valence-corrected chi connectivity index (χ0v) is 14.0. The molecule has 118 valence electrons. The summed E-state index contributed by atoms with van der Waals surface area (Å²) in [5.41, 5.74) is 0. The lowest BCUT2D eigenvalue weighted by Gasteiger charge is -2.41. The van der Waals surface area contributed by atoms with Gasteiger partial charge in [-0.1, -0.05) is 27.2 Å². The van der Waals surface area contributed by atoms with Crippen LogP contribution >= 0.6 is 0 Å². The highest BCUT2D eigenvalue weighted by Gasteiger charge is 2.28. The Morgan fingerprint density at radius 2 is 1.60 bits per heavy atom. The molecular formula is C18H36N2. The first-order valence-corrected chi connectivity index (χ1v) is 9.13. The number of piperidine rings is 1. The van der Waals surface area contributed by atoms with Gasteiger partial charge in [0.2, 0.25) is 0 Å². The Morgan fingerprint density at radius 1 is 0.950 bits per heavy atom. The molecule has 2 rings (SSSR count). The van der Waals surface area contributed by atoms with Gasteiger partial charge in [0.05, 0.1) is 0 Å². The Hall–Kier alpha value is -0.0800. The third kappa shape index (κ3) is 5.04. The van der Waals surface area contributed by atoms with Crippen molar-refractivity contribution in [2.24, 2.45) is 17.8 Å². The predicted octanol–water partition coefficient (Wildman–Crippen LogP) is 3.91. The molecule has 20 heavy (non-hydrogen) atoms. The van der Waals surface area contributed by atoms with E-state index in [1.54, 1.807) is 0 Å².